The second kappa shape index (κ2) is 8.38. The molecule has 1 aliphatic rings. The van der Waals surface area contributed by atoms with Crippen LogP contribution in [-0.2, 0) is 6.18 Å². The Kier molecular flexibility index (Phi) is 5.76. The monoisotopic (exact) mass is 447 g/mol. The number of nitrogens with one attached hydrogen (secondary N) is 3. The van der Waals surface area contributed by atoms with Gasteiger partial charge < -0.3 is 20.5 Å². The van der Waals surface area contributed by atoms with E-state index in [1.54, 1.807) is 20.2 Å². The summed E-state index contributed by atoms with van der Waals surface area (Å²) < 4.78 is 41.2. The van der Waals surface area contributed by atoms with Crippen LogP contribution in [0.25, 0.3) is 22.3 Å². The zero-order valence-electron chi connectivity index (χ0n) is 17.9. The number of rotatable bonds is 4. The van der Waals surface area contributed by atoms with Gasteiger partial charge >= 0.3 is 6.18 Å². The van der Waals surface area contributed by atoms with Crippen molar-refractivity contribution in [1.29, 1.82) is 0 Å². The molecule has 3 N–H and O–H groups in total. The molecule has 170 valence electrons. The number of aromatic nitrogens is 4. The Morgan fingerprint density at radius 3 is 2.66 bits per heavy atom. The first-order chi connectivity index (χ1) is 15.1. The number of fused-ring (bicyclic) bond motifs is 1. The minimum absolute atomic E-state index is 0.0278. The molecule has 4 rings (SSSR count). The second-order valence-corrected chi connectivity index (χ2v) is 8.18. The summed E-state index contributed by atoms with van der Waals surface area (Å²) >= 11 is 0. The van der Waals surface area contributed by atoms with Crippen molar-refractivity contribution >= 4 is 22.9 Å². The summed E-state index contributed by atoms with van der Waals surface area (Å²) in [4.78, 5) is 28.8. The summed E-state index contributed by atoms with van der Waals surface area (Å²) in [6, 6.07) is 3.50. The third-order valence-electron chi connectivity index (χ3n) is 5.51. The van der Waals surface area contributed by atoms with Gasteiger partial charge in [0, 0.05) is 56.1 Å². The summed E-state index contributed by atoms with van der Waals surface area (Å²) in [7, 11) is 3.20. The molecule has 0 unspecified atom stereocenters. The van der Waals surface area contributed by atoms with E-state index in [1.807, 2.05) is 0 Å². The number of anilines is 1. The van der Waals surface area contributed by atoms with Crippen LogP contribution in [0.5, 0.6) is 0 Å². The molecular formula is C21H24F3N7O. The SMILES string of the molecule is C[C@H]1CC[C@H](Nc2ncc(C(F)(F)F)c(-c3c[nH]c4nc(C(=O)N(C)C)ccc34)n2)CN1. The highest BCUT2D eigenvalue weighted by Crippen LogP contribution is 2.38. The Labute approximate surface area is 182 Å². The van der Waals surface area contributed by atoms with E-state index in [2.05, 4.69) is 37.5 Å². The number of hydrogen-bond donors (Lipinski definition) is 3. The average Bonchev–Trinajstić information content (AvgIpc) is 3.17. The first-order valence-electron chi connectivity index (χ1n) is 10.3. The molecule has 8 nitrogen and oxygen atoms in total. The highest BCUT2D eigenvalue weighted by Gasteiger charge is 2.36. The fourth-order valence-corrected chi connectivity index (χ4v) is 3.72. The molecule has 3 aromatic heterocycles. The molecule has 0 aromatic carbocycles. The zero-order valence-corrected chi connectivity index (χ0v) is 17.9. The van der Waals surface area contributed by atoms with Crippen molar-refractivity contribution in [3.05, 3.63) is 35.8 Å². The van der Waals surface area contributed by atoms with Crippen LogP contribution in [0.1, 0.15) is 35.8 Å². The average molecular weight is 447 g/mol. The fraction of sp³-hybridized carbons (Fsp3) is 0.429. The maximum atomic E-state index is 13.7. The van der Waals surface area contributed by atoms with Gasteiger partial charge in [0.2, 0.25) is 5.95 Å². The van der Waals surface area contributed by atoms with Crippen molar-refractivity contribution < 1.29 is 18.0 Å². The molecule has 11 heteroatoms. The number of amides is 1. The Morgan fingerprint density at radius 1 is 1.22 bits per heavy atom. The van der Waals surface area contributed by atoms with E-state index in [9.17, 15) is 18.0 Å². The van der Waals surface area contributed by atoms with Gasteiger partial charge in [-0.25, -0.2) is 15.0 Å². The summed E-state index contributed by atoms with van der Waals surface area (Å²) in [6.07, 6.45) is -0.582. The number of aromatic amines is 1. The van der Waals surface area contributed by atoms with Crippen molar-refractivity contribution in [3.8, 4) is 11.3 Å². The molecule has 0 spiro atoms. The maximum absolute atomic E-state index is 13.7. The van der Waals surface area contributed by atoms with Gasteiger partial charge in [-0.15, -0.1) is 0 Å². The number of piperidine rings is 1. The van der Waals surface area contributed by atoms with E-state index in [0.717, 1.165) is 19.0 Å². The highest BCUT2D eigenvalue weighted by molar-refractivity contribution is 5.98. The number of carbonyl (C=O) groups is 1. The van der Waals surface area contributed by atoms with Crippen molar-refractivity contribution in [1.82, 2.24) is 30.2 Å². The first-order valence-corrected chi connectivity index (χ1v) is 10.3. The smallest absolute Gasteiger partial charge is 0.350 e. The number of H-pyrrole nitrogens is 1. The van der Waals surface area contributed by atoms with Crippen LogP contribution in [0.2, 0.25) is 0 Å². The molecule has 1 aliphatic heterocycles. The second-order valence-electron chi connectivity index (χ2n) is 8.18. The van der Waals surface area contributed by atoms with Crippen LogP contribution in [0, 0.1) is 0 Å². The van der Waals surface area contributed by atoms with E-state index in [4.69, 9.17) is 0 Å². The van der Waals surface area contributed by atoms with E-state index in [-0.39, 0.29) is 34.8 Å². The molecule has 1 saturated heterocycles. The normalized spacial score (nSPS) is 19.2. The van der Waals surface area contributed by atoms with Crippen molar-refractivity contribution in [2.24, 2.45) is 0 Å². The lowest BCUT2D eigenvalue weighted by molar-refractivity contribution is -0.137. The molecule has 0 radical (unpaired) electrons. The molecule has 4 heterocycles. The number of hydrogen-bond acceptors (Lipinski definition) is 6. The van der Waals surface area contributed by atoms with Crippen molar-refractivity contribution in [3.63, 3.8) is 0 Å². The van der Waals surface area contributed by atoms with Crippen LogP contribution in [0.3, 0.4) is 0 Å². The van der Waals surface area contributed by atoms with E-state index in [1.165, 1.54) is 17.2 Å². The largest absolute Gasteiger partial charge is 0.419 e. The molecule has 1 amide bonds. The predicted molar refractivity (Wildman–Crippen MR) is 114 cm³/mol. The van der Waals surface area contributed by atoms with Gasteiger partial charge in [0.25, 0.3) is 5.91 Å². The van der Waals surface area contributed by atoms with Crippen LogP contribution in [0.15, 0.2) is 24.5 Å². The first kappa shape index (κ1) is 22.0. The maximum Gasteiger partial charge on any atom is 0.419 e. The fourth-order valence-electron chi connectivity index (χ4n) is 3.72. The summed E-state index contributed by atoms with van der Waals surface area (Å²) in [5, 5.41) is 6.91. The minimum Gasteiger partial charge on any atom is -0.350 e. The Hall–Kier alpha value is -3.21. The molecule has 0 aliphatic carbocycles. The van der Waals surface area contributed by atoms with Gasteiger partial charge in [-0.2, -0.15) is 13.2 Å². The highest BCUT2D eigenvalue weighted by atomic mass is 19.4. The van der Waals surface area contributed by atoms with Gasteiger partial charge in [0.15, 0.2) is 0 Å². The Bertz CT molecular complexity index is 1130. The van der Waals surface area contributed by atoms with Crippen LogP contribution >= 0.6 is 0 Å². The topological polar surface area (TPSA) is 98.8 Å². The summed E-state index contributed by atoms with van der Waals surface area (Å²) in [6.45, 7) is 2.77. The molecule has 32 heavy (non-hydrogen) atoms. The summed E-state index contributed by atoms with van der Waals surface area (Å²) in [5.41, 5.74) is -0.445. The van der Waals surface area contributed by atoms with Crippen molar-refractivity contribution in [2.75, 3.05) is 26.0 Å². The zero-order chi connectivity index (χ0) is 23.0. The molecular weight excluding hydrogens is 423 g/mol. The summed E-state index contributed by atoms with van der Waals surface area (Å²) in [5.74, 6) is -0.168. The quantitative estimate of drug-likeness (QED) is 0.568. The number of halogens is 3. The number of carbonyl (C=O) groups excluding carboxylic acids is 1. The van der Waals surface area contributed by atoms with Crippen LogP contribution in [-0.4, -0.2) is 63.5 Å². The Balaban J connectivity index is 1.73. The lowest BCUT2D eigenvalue weighted by Crippen LogP contribution is -2.43. The third-order valence-corrected chi connectivity index (χ3v) is 5.51. The van der Waals surface area contributed by atoms with E-state index in [0.29, 0.717) is 23.6 Å². The molecule has 1 fully saturated rings. The van der Waals surface area contributed by atoms with Crippen LogP contribution in [0.4, 0.5) is 19.1 Å². The lowest BCUT2D eigenvalue weighted by atomic mass is 10.0. The van der Waals surface area contributed by atoms with Crippen molar-refractivity contribution in [2.45, 2.75) is 38.0 Å². The van der Waals surface area contributed by atoms with Gasteiger partial charge in [0.1, 0.15) is 16.9 Å². The lowest BCUT2D eigenvalue weighted by Gasteiger charge is -2.28. The molecule has 3 aromatic rings. The minimum atomic E-state index is -4.63. The van der Waals surface area contributed by atoms with Gasteiger partial charge in [0.05, 0.1) is 5.69 Å². The number of pyridine rings is 1. The molecule has 2 atom stereocenters. The Morgan fingerprint density at radius 2 is 2.00 bits per heavy atom. The van der Waals surface area contributed by atoms with Gasteiger partial charge in [-0.05, 0) is 31.9 Å². The van der Waals surface area contributed by atoms with E-state index < -0.39 is 11.7 Å². The van der Waals surface area contributed by atoms with Gasteiger partial charge in [-0.1, -0.05) is 0 Å². The predicted octanol–water partition coefficient (Wildman–Crippen LogP) is 3.29. The van der Waals surface area contributed by atoms with E-state index >= 15 is 0 Å². The molecule has 0 bridgehead atoms. The number of alkyl halides is 3. The van der Waals surface area contributed by atoms with Gasteiger partial charge in [-0.3, -0.25) is 4.79 Å². The third kappa shape index (κ3) is 4.38. The van der Waals surface area contributed by atoms with Crippen LogP contribution < -0.4 is 10.6 Å². The number of nitrogens with zero attached hydrogens (tertiary/aromatic N) is 4. The molecule has 0 saturated carbocycles. The standard InChI is InChI=1S/C21H24F3N7O/c1-11-4-5-12(8-25-11)28-20-27-10-15(21(22,23)24)17(30-20)14-9-26-18-13(14)6-7-16(29-18)19(32)31(2)3/h6-7,9-12,25H,4-5,8H2,1-3H3,(H,26,29)(H,27,28,30)/t11-,12-/m0/s1.